The van der Waals surface area contributed by atoms with Crippen molar-refractivity contribution in [3.63, 3.8) is 0 Å². The maximum atomic E-state index is 15.3. The molecule has 0 N–H and O–H groups in total. The molecule has 0 heterocycles. The first-order valence-electron chi connectivity index (χ1n) is 13.3. The van der Waals surface area contributed by atoms with Crippen LogP contribution in [-0.4, -0.2) is 7.11 Å². The summed E-state index contributed by atoms with van der Waals surface area (Å²) in [6.07, 6.45) is 14.0. The van der Waals surface area contributed by atoms with Crippen molar-refractivity contribution in [3.8, 4) is 0 Å². The smallest absolute Gasteiger partial charge is 0.422 e. The van der Waals surface area contributed by atoms with Crippen LogP contribution >= 0.6 is 16.3 Å². The monoisotopic (exact) mass is 664 g/mol. The number of hydrogen-bond donors (Lipinski definition) is 0. The summed E-state index contributed by atoms with van der Waals surface area (Å²) >= 11 is 0. The fourth-order valence-corrected chi connectivity index (χ4v) is 8.05. The van der Waals surface area contributed by atoms with E-state index in [-0.39, 0.29) is 19.5 Å². The van der Waals surface area contributed by atoms with Crippen LogP contribution in [0, 0.1) is 0 Å². The molecule has 2 nitrogen and oxygen atoms in total. The van der Waals surface area contributed by atoms with Crippen LogP contribution in [0.2, 0.25) is 0 Å². The number of hydrogen-bond acceptors (Lipinski definition) is 2. The van der Waals surface area contributed by atoms with Crippen molar-refractivity contribution in [3.05, 3.63) is 146 Å². The second kappa shape index (κ2) is 17.5. The molecule has 0 saturated heterocycles. The minimum atomic E-state index is -4.52. The predicted molar refractivity (Wildman–Crippen MR) is 168 cm³/mol. The van der Waals surface area contributed by atoms with Crippen LogP contribution in [0.15, 0.2) is 146 Å². The Hall–Kier alpha value is -2.31. The van der Waals surface area contributed by atoms with Gasteiger partial charge in [0.15, 0.2) is 0 Å². The average Bonchev–Trinajstić information content (AvgIpc) is 2.97. The van der Waals surface area contributed by atoms with Gasteiger partial charge in [0.1, 0.15) is 37.5 Å². The maximum absolute atomic E-state index is 15.3. The summed E-state index contributed by atoms with van der Waals surface area (Å²) in [6, 6.07) is 36.7. The van der Waals surface area contributed by atoms with Crippen LogP contribution in [0.4, 0.5) is 8.63 Å². The van der Waals surface area contributed by atoms with Gasteiger partial charge in [0.2, 0.25) is 0 Å². The molecule has 1 aliphatic rings. The van der Waals surface area contributed by atoms with Gasteiger partial charge in [-0.05, 0) is 74.2 Å². The average molecular weight is 664 g/mol. The number of halogens is 2. The molecule has 0 spiro atoms. The van der Waals surface area contributed by atoms with E-state index in [2.05, 4.69) is 24.3 Å². The van der Waals surface area contributed by atoms with Crippen molar-refractivity contribution in [1.82, 2.24) is 0 Å². The molecular weight excluding hydrogens is 630 g/mol. The fourth-order valence-electron chi connectivity index (χ4n) is 4.12. The van der Waals surface area contributed by atoms with Crippen molar-refractivity contribution < 1.29 is 37.0 Å². The first-order chi connectivity index (χ1) is 19.1. The second-order valence-electron chi connectivity index (χ2n) is 8.99. The molecule has 0 aromatic heterocycles. The van der Waals surface area contributed by atoms with E-state index in [1.165, 1.54) is 25.7 Å². The third kappa shape index (κ3) is 10.6. The zero-order valence-corrected chi connectivity index (χ0v) is 25.8. The normalized spacial score (nSPS) is 14.7. The summed E-state index contributed by atoms with van der Waals surface area (Å²) in [7, 11) is -8.92. The van der Waals surface area contributed by atoms with Gasteiger partial charge in [-0.2, -0.15) is 0 Å². The first-order valence-corrected chi connectivity index (χ1v) is 16.1. The quantitative estimate of drug-likeness (QED) is 0.110. The van der Waals surface area contributed by atoms with Crippen molar-refractivity contribution in [1.29, 1.82) is 0 Å². The zero-order valence-electron chi connectivity index (χ0n) is 22.2. The molecule has 0 fully saturated rings. The Morgan fingerprint density at radius 1 is 0.425 bits per heavy atom. The minimum Gasteiger partial charge on any atom is -0.422 e. The van der Waals surface area contributed by atoms with E-state index in [0.717, 1.165) is 21.2 Å². The molecule has 1 aliphatic carbocycles. The van der Waals surface area contributed by atoms with E-state index in [4.69, 9.17) is 8.88 Å². The third-order valence-electron chi connectivity index (χ3n) is 5.99. The Kier molecular flexibility index (Phi) is 14.1. The molecule has 40 heavy (non-hydrogen) atoms. The number of benzene rings is 4. The van der Waals surface area contributed by atoms with E-state index in [9.17, 15) is 0 Å². The Bertz CT molecular complexity index is 1110. The molecule has 4 aromatic carbocycles. The Morgan fingerprint density at radius 3 is 0.875 bits per heavy atom. The molecule has 0 saturated carbocycles. The van der Waals surface area contributed by atoms with Gasteiger partial charge in [-0.15, -0.1) is 0 Å². The topological polar surface area (TPSA) is 18.5 Å². The van der Waals surface area contributed by atoms with E-state index < -0.39 is 23.4 Å². The van der Waals surface area contributed by atoms with Crippen LogP contribution < -0.4 is 21.2 Å². The van der Waals surface area contributed by atoms with Gasteiger partial charge in [-0.1, -0.05) is 97.1 Å². The van der Waals surface area contributed by atoms with Crippen molar-refractivity contribution in [2.75, 3.05) is 0 Å². The van der Waals surface area contributed by atoms with Gasteiger partial charge in [-0.3, -0.25) is 0 Å². The van der Waals surface area contributed by atoms with Gasteiger partial charge in [-0.25, -0.2) is 0 Å². The van der Waals surface area contributed by atoms with Crippen LogP contribution in [-0.2, 0) is 28.4 Å². The Morgan fingerprint density at radius 2 is 0.650 bits per heavy atom. The molecule has 0 atom stereocenters. The van der Waals surface area contributed by atoms with Gasteiger partial charge in [0.05, 0.1) is 0 Å². The van der Waals surface area contributed by atoms with Crippen molar-refractivity contribution in [2.24, 2.45) is 0 Å². The molecule has 0 amide bonds. The Balaban J connectivity index is 0.000000423. The Labute approximate surface area is 252 Å². The fraction of sp³-hybridized carbons (Fsp3) is 0.125. The summed E-state index contributed by atoms with van der Waals surface area (Å²) in [5.74, 6) is 0. The molecule has 209 valence electrons. The molecule has 5 rings (SSSR count). The van der Waals surface area contributed by atoms with E-state index in [1.807, 2.05) is 121 Å². The predicted octanol–water partition coefficient (Wildman–Crippen LogP) is 7.62. The molecule has 0 bridgehead atoms. The molecular formula is C32H34BF2O2P2Rh+. The van der Waals surface area contributed by atoms with Gasteiger partial charge < -0.3 is 17.5 Å². The van der Waals surface area contributed by atoms with Crippen LogP contribution in [0.3, 0.4) is 0 Å². The summed E-state index contributed by atoms with van der Waals surface area (Å²) < 4.78 is 41.7. The summed E-state index contributed by atoms with van der Waals surface area (Å²) in [6.45, 7) is 0. The zero-order chi connectivity index (χ0) is 27.2. The SMILES string of the molecule is C1=C\CC/C=C\CC/1.F[B-](F)(O[PH+](c1ccccc1)c1ccccc1)O[PH+](c1ccccc1)c1ccccc1.[Rh]. The molecule has 0 unspecified atom stereocenters. The minimum absolute atomic E-state index is 0. The first kappa shape index (κ1) is 32.2. The molecule has 4 aromatic rings. The molecule has 1 radical (unpaired) electrons. The second-order valence-corrected chi connectivity index (χ2v) is 13.1. The summed E-state index contributed by atoms with van der Waals surface area (Å²) in [4.78, 5) is 0. The van der Waals surface area contributed by atoms with E-state index >= 15 is 8.63 Å². The van der Waals surface area contributed by atoms with Gasteiger partial charge in [0, 0.05) is 19.5 Å². The summed E-state index contributed by atoms with van der Waals surface area (Å²) in [5.41, 5.74) is 0. The van der Waals surface area contributed by atoms with Crippen LogP contribution in [0.5, 0.6) is 0 Å². The largest absolute Gasteiger partial charge is 0.671 e. The number of rotatable bonds is 8. The third-order valence-corrected chi connectivity index (χ3v) is 10.4. The standard InChI is InChI=1S/C24H20BF2O2P2.C8H12.Rh/c26-25(27,28-30(21-13-5-1-6-14-21)22-15-7-2-8-16-22)29-31(23-17-9-3-10-18-23)24-19-11-4-12-20-24;1-2-4-6-8-7-5-3-1;/h1-20H;1-2,7-8H,3-6H2;/q-1;;/p+2/b;2-1-,8-7-;. The molecule has 8 heteroatoms. The van der Waals surface area contributed by atoms with Crippen LogP contribution in [0.25, 0.3) is 0 Å². The van der Waals surface area contributed by atoms with Crippen molar-refractivity contribution >= 4 is 44.6 Å². The maximum Gasteiger partial charge on any atom is 0.671 e. The number of allylic oxidation sites excluding steroid dienone is 4. The van der Waals surface area contributed by atoms with E-state index in [0.29, 0.717) is 0 Å². The van der Waals surface area contributed by atoms with E-state index in [1.54, 1.807) is 0 Å². The summed E-state index contributed by atoms with van der Waals surface area (Å²) in [5, 5.41) is 2.99. The van der Waals surface area contributed by atoms with Crippen molar-refractivity contribution in [2.45, 2.75) is 25.7 Å². The molecule has 0 aliphatic heterocycles. The van der Waals surface area contributed by atoms with Gasteiger partial charge >= 0.3 is 7.11 Å². The van der Waals surface area contributed by atoms with Crippen LogP contribution in [0.1, 0.15) is 25.7 Å². The van der Waals surface area contributed by atoms with Gasteiger partial charge in [0.25, 0.3) is 0 Å².